The van der Waals surface area contributed by atoms with Crippen molar-refractivity contribution in [3.63, 3.8) is 0 Å². The van der Waals surface area contributed by atoms with Gasteiger partial charge in [0.1, 0.15) is 5.75 Å². The SMILES string of the molecule is CC.CC.CC(C)(C)[Si](C)(C)OCc1ccccc1.CC(C)(C)[Si](C)(Oc1ccccc1)C(C)(C)C. The molecule has 0 atom stereocenters. The van der Waals surface area contributed by atoms with E-state index in [4.69, 9.17) is 8.85 Å². The zero-order valence-electron chi connectivity index (χ0n) is 26.8. The van der Waals surface area contributed by atoms with Crippen LogP contribution in [0, 0.1) is 0 Å². The highest BCUT2D eigenvalue weighted by Gasteiger charge is 2.52. The molecule has 0 saturated heterocycles. The van der Waals surface area contributed by atoms with Gasteiger partial charge in [0.2, 0.25) is 0 Å². The van der Waals surface area contributed by atoms with Gasteiger partial charge in [-0.25, -0.2) is 0 Å². The van der Waals surface area contributed by atoms with Gasteiger partial charge < -0.3 is 8.85 Å². The van der Waals surface area contributed by atoms with Gasteiger partial charge in [-0.3, -0.25) is 0 Å². The Balaban J connectivity index is 0. The minimum atomic E-state index is -1.89. The third kappa shape index (κ3) is 11.8. The van der Waals surface area contributed by atoms with Gasteiger partial charge in [-0.1, -0.05) is 139 Å². The molecule has 36 heavy (non-hydrogen) atoms. The first-order chi connectivity index (χ1) is 16.4. The van der Waals surface area contributed by atoms with E-state index in [2.05, 4.69) is 118 Å². The molecule has 2 aromatic rings. The fourth-order valence-corrected chi connectivity index (χ4v) is 7.64. The van der Waals surface area contributed by atoms with E-state index in [0.717, 1.165) is 12.4 Å². The van der Waals surface area contributed by atoms with Gasteiger partial charge in [0.15, 0.2) is 8.32 Å². The summed E-state index contributed by atoms with van der Waals surface area (Å²) in [6.07, 6.45) is 0. The van der Waals surface area contributed by atoms with Crippen molar-refractivity contribution in [1.29, 1.82) is 0 Å². The van der Waals surface area contributed by atoms with Gasteiger partial charge in [-0.15, -0.1) is 0 Å². The third-order valence-corrected chi connectivity index (χ3v) is 18.0. The van der Waals surface area contributed by atoms with E-state index < -0.39 is 16.6 Å². The Morgan fingerprint density at radius 1 is 0.556 bits per heavy atom. The largest absolute Gasteiger partial charge is 0.543 e. The Labute approximate surface area is 228 Å². The molecule has 208 valence electrons. The Morgan fingerprint density at radius 2 is 0.917 bits per heavy atom. The molecule has 0 radical (unpaired) electrons. The van der Waals surface area contributed by atoms with E-state index in [-0.39, 0.29) is 10.1 Å². The zero-order chi connectivity index (χ0) is 28.8. The first kappa shape index (κ1) is 36.8. The summed E-state index contributed by atoms with van der Waals surface area (Å²) in [5.41, 5.74) is 1.27. The fraction of sp³-hybridized carbons (Fsp3) is 0.625. The lowest BCUT2D eigenvalue weighted by Gasteiger charge is -2.48. The summed E-state index contributed by atoms with van der Waals surface area (Å²) in [6, 6.07) is 20.6. The van der Waals surface area contributed by atoms with Crippen molar-refractivity contribution in [2.24, 2.45) is 0 Å². The van der Waals surface area contributed by atoms with E-state index in [1.54, 1.807) is 0 Å². The van der Waals surface area contributed by atoms with Gasteiger partial charge >= 0.3 is 0 Å². The van der Waals surface area contributed by atoms with Crippen molar-refractivity contribution in [2.75, 3.05) is 0 Å². The van der Waals surface area contributed by atoms with E-state index in [9.17, 15) is 0 Å². The number of benzene rings is 2. The predicted molar refractivity (Wildman–Crippen MR) is 169 cm³/mol. The summed E-state index contributed by atoms with van der Waals surface area (Å²) < 4.78 is 12.6. The molecular formula is C32H60O2Si2. The molecule has 2 rings (SSSR count). The minimum Gasteiger partial charge on any atom is -0.543 e. The van der Waals surface area contributed by atoms with Crippen LogP contribution in [0.15, 0.2) is 60.7 Å². The number of para-hydroxylation sites is 1. The minimum absolute atomic E-state index is 0.209. The highest BCUT2D eigenvalue weighted by atomic mass is 28.4. The number of hydrogen-bond acceptors (Lipinski definition) is 2. The van der Waals surface area contributed by atoms with Crippen LogP contribution in [0.4, 0.5) is 0 Å². The quantitative estimate of drug-likeness (QED) is 0.356. The smallest absolute Gasteiger partial charge is 0.258 e. The molecule has 0 fully saturated rings. The lowest BCUT2D eigenvalue weighted by atomic mass is 10.2. The Bertz CT molecular complexity index is 782. The molecule has 0 aliphatic carbocycles. The maximum Gasteiger partial charge on any atom is 0.258 e. The molecule has 0 unspecified atom stereocenters. The second-order valence-corrected chi connectivity index (χ2v) is 22.6. The standard InChI is InChI=1S/C15H26OSi.C13H22OSi.2C2H6/c1-14(2,3)17(7,15(4,5)6)16-13-11-9-8-10-12-13;1-13(2,3)15(4,5)14-11-12-9-7-6-8-10-12;2*1-2/h8-12H,1-7H3;6-10H,11H2,1-5H3;2*1-2H3. The normalized spacial score (nSPS) is 12.1. The van der Waals surface area contributed by atoms with Crippen molar-refractivity contribution < 1.29 is 8.85 Å². The molecule has 0 aliphatic rings. The summed E-state index contributed by atoms with van der Waals surface area (Å²) >= 11 is 0. The van der Waals surface area contributed by atoms with Crippen LogP contribution in [0.2, 0.25) is 34.8 Å². The predicted octanol–water partition coefficient (Wildman–Crippen LogP) is 11.5. The average molecular weight is 533 g/mol. The van der Waals surface area contributed by atoms with Crippen molar-refractivity contribution in [1.82, 2.24) is 0 Å². The molecule has 0 aromatic heterocycles. The Hall–Kier alpha value is -1.37. The molecule has 0 aliphatic heterocycles. The topological polar surface area (TPSA) is 18.5 Å². The highest BCUT2D eigenvalue weighted by molar-refractivity contribution is 6.78. The first-order valence-electron chi connectivity index (χ1n) is 13.8. The van der Waals surface area contributed by atoms with Crippen LogP contribution in [0.25, 0.3) is 0 Å². The van der Waals surface area contributed by atoms with Gasteiger partial charge in [0, 0.05) is 0 Å². The second kappa shape index (κ2) is 15.8. The maximum atomic E-state index is 6.47. The van der Waals surface area contributed by atoms with Crippen LogP contribution in [-0.4, -0.2) is 16.6 Å². The van der Waals surface area contributed by atoms with Crippen molar-refractivity contribution in [2.45, 2.75) is 131 Å². The van der Waals surface area contributed by atoms with Crippen molar-refractivity contribution >= 4 is 16.6 Å². The molecule has 0 N–H and O–H groups in total. The maximum absolute atomic E-state index is 6.47. The first-order valence-corrected chi connectivity index (χ1v) is 19.1. The van der Waals surface area contributed by atoms with Crippen LogP contribution in [0.3, 0.4) is 0 Å². The van der Waals surface area contributed by atoms with Crippen molar-refractivity contribution in [3.05, 3.63) is 66.2 Å². The molecular weight excluding hydrogens is 473 g/mol. The molecule has 0 heterocycles. The van der Waals surface area contributed by atoms with Crippen LogP contribution < -0.4 is 4.43 Å². The van der Waals surface area contributed by atoms with Crippen LogP contribution >= 0.6 is 0 Å². The van der Waals surface area contributed by atoms with E-state index in [1.165, 1.54) is 5.56 Å². The van der Waals surface area contributed by atoms with Gasteiger partial charge in [0.25, 0.3) is 8.32 Å². The summed E-state index contributed by atoms with van der Waals surface area (Å²) in [5.74, 6) is 1.01. The van der Waals surface area contributed by atoms with Gasteiger partial charge in [0.05, 0.1) is 6.61 Å². The van der Waals surface area contributed by atoms with E-state index in [1.807, 2.05) is 52.0 Å². The molecule has 4 heteroatoms. The number of rotatable bonds is 5. The van der Waals surface area contributed by atoms with E-state index >= 15 is 0 Å². The lowest BCUT2D eigenvalue weighted by molar-refractivity contribution is 0.276. The Morgan fingerprint density at radius 3 is 1.25 bits per heavy atom. The summed E-state index contributed by atoms with van der Waals surface area (Å²) in [6.45, 7) is 36.3. The fourth-order valence-electron chi connectivity index (χ4n) is 3.21. The zero-order valence-corrected chi connectivity index (χ0v) is 28.8. The average Bonchev–Trinajstić information content (AvgIpc) is 2.80. The second-order valence-electron chi connectivity index (χ2n) is 12.5. The van der Waals surface area contributed by atoms with Crippen LogP contribution in [-0.2, 0) is 11.0 Å². The van der Waals surface area contributed by atoms with Crippen molar-refractivity contribution in [3.8, 4) is 5.75 Å². The molecule has 0 saturated carbocycles. The van der Waals surface area contributed by atoms with Crippen LogP contribution in [0.1, 0.15) is 95.6 Å². The molecule has 2 aromatic carbocycles. The Kier molecular flexibility index (Phi) is 16.1. The monoisotopic (exact) mass is 532 g/mol. The summed E-state index contributed by atoms with van der Waals surface area (Å²) in [4.78, 5) is 0. The van der Waals surface area contributed by atoms with Gasteiger partial charge in [-0.2, -0.15) is 0 Å². The summed E-state index contributed by atoms with van der Waals surface area (Å²) in [5, 5.41) is 0.712. The highest BCUT2D eigenvalue weighted by Crippen LogP contribution is 2.51. The molecule has 0 bridgehead atoms. The molecule has 0 spiro atoms. The van der Waals surface area contributed by atoms with E-state index in [0.29, 0.717) is 5.04 Å². The lowest BCUT2D eigenvalue weighted by Crippen LogP contribution is -2.54. The summed E-state index contributed by atoms with van der Waals surface area (Å²) in [7, 11) is -3.48. The third-order valence-electron chi connectivity index (χ3n) is 7.18. The number of hydrogen-bond donors (Lipinski definition) is 0. The van der Waals surface area contributed by atoms with Gasteiger partial charge in [-0.05, 0) is 52.5 Å². The van der Waals surface area contributed by atoms with Crippen LogP contribution in [0.5, 0.6) is 5.75 Å². The molecule has 2 nitrogen and oxygen atoms in total. The molecule has 0 amide bonds.